The van der Waals surface area contributed by atoms with Crippen molar-refractivity contribution < 1.29 is 9.90 Å². The van der Waals surface area contributed by atoms with Crippen molar-refractivity contribution in [3.63, 3.8) is 0 Å². The molecule has 1 aliphatic rings. The highest BCUT2D eigenvalue weighted by Gasteiger charge is 2.21. The normalized spacial score (nSPS) is 19.8. The van der Waals surface area contributed by atoms with Crippen LogP contribution < -0.4 is 5.56 Å². The quantitative estimate of drug-likeness (QED) is 0.835. The molecule has 0 aliphatic carbocycles. The molecule has 0 radical (unpaired) electrons. The lowest BCUT2D eigenvalue weighted by molar-refractivity contribution is -0.134. The van der Waals surface area contributed by atoms with E-state index in [-0.39, 0.29) is 11.5 Å². The van der Waals surface area contributed by atoms with Crippen molar-refractivity contribution in [1.29, 1.82) is 0 Å². The molecule has 0 saturated carbocycles. The first kappa shape index (κ1) is 12.8. The number of likely N-dealkylation sites (tertiary alicyclic amines) is 1. The summed E-state index contributed by atoms with van der Waals surface area (Å²) in [6.45, 7) is 1.52. The molecule has 1 atom stereocenters. The van der Waals surface area contributed by atoms with E-state index in [1.165, 1.54) is 10.6 Å². The predicted molar refractivity (Wildman–Crippen MR) is 67.1 cm³/mol. The maximum atomic E-state index is 11.9. The summed E-state index contributed by atoms with van der Waals surface area (Å²) in [4.78, 5) is 25.1. The first-order valence-corrected chi connectivity index (χ1v) is 6.28. The fourth-order valence-electron chi connectivity index (χ4n) is 2.20. The molecule has 1 aromatic rings. The summed E-state index contributed by atoms with van der Waals surface area (Å²) in [6.07, 6.45) is 3.19. The van der Waals surface area contributed by atoms with Gasteiger partial charge < -0.3 is 14.6 Å². The van der Waals surface area contributed by atoms with E-state index < -0.39 is 6.10 Å². The highest BCUT2D eigenvalue weighted by molar-refractivity contribution is 5.76. The first-order chi connectivity index (χ1) is 8.66. The molecule has 5 nitrogen and oxygen atoms in total. The van der Waals surface area contributed by atoms with Gasteiger partial charge in [-0.3, -0.25) is 9.59 Å². The number of aromatic nitrogens is 1. The molecular weight excluding hydrogens is 232 g/mol. The van der Waals surface area contributed by atoms with Gasteiger partial charge in [-0.2, -0.15) is 0 Å². The highest BCUT2D eigenvalue weighted by atomic mass is 16.3. The molecule has 1 unspecified atom stereocenters. The van der Waals surface area contributed by atoms with Crippen molar-refractivity contribution in [3.8, 4) is 0 Å². The second-order valence-electron chi connectivity index (χ2n) is 4.62. The Bertz CT molecular complexity index is 469. The van der Waals surface area contributed by atoms with Crippen LogP contribution in [0.4, 0.5) is 0 Å². The van der Waals surface area contributed by atoms with Gasteiger partial charge in [-0.25, -0.2) is 0 Å². The largest absolute Gasteiger partial charge is 0.391 e. The molecule has 2 rings (SSSR count). The van der Waals surface area contributed by atoms with E-state index in [9.17, 15) is 14.7 Å². The zero-order chi connectivity index (χ0) is 13.0. The molecule has 1 aliphatic heterocycles. The van der Waals surface area contributed by atoms with Gasteiger partial charge in [0.25, 0.3) is 5.56 Å². The Hall–Kier alpha value is -1.62. The minimum atomic E-state index is -0.401. The van der Waals surface area contributed by atoms with Gasteiger partial charge in [0.15, 0.2) is 0 Å². The van der Waals surface area contributed by atoms with Crippen LogP contribution in [0.25, 0.3) is 0 Å². The number of hydrogen-bond acceptors (Lipinski definition) is 3. The second-order valence-corrected chi connectivity index (χ2v) is 4.62. The number of hydrogen-bond donors (Lipinski definition) is 1. The number of aliphatic hydroxyl groups is 1. The maximum Gasteiger partial charge on any atom is 0.250 e. The average Bonchev–Trinajstić information content (AvgIpc) is 2.37. The summed E-state index contributed by atoms with van der Waals surface area (Å²) >= 11 is 0. The number of pyridine rings is 1. The van der Waals surface area contributed by atoms with Gasteiger partial charge in [0.1, 0.15) is 0 Å². The maximum absolute atomic E-state index is 11.9. The SMILES string of the molecule is O=C(CCn1ccccc1=O)N1CCCC(O)C1. The van der Waals surface area contributed by atoms with Crippen LogP contribution in [-0.4, -0.2) is 39.7 Å². The van der Waals surface area contributed by atoms with Gasteiger partial charge in [0.2, 0.25) is 5.91 Å². The Balaban J connectivity index is 1.88. The lowest BCUT2D eigenvalue weighted by Crippen LogP contribution is -2.42. The summed E-state index contributed by atoms with van der Waals surface area (Å²) in [5, 5.41) is 9.51. The number of rotatable bonds is 3. The Morgan fingerprint density at radius 2 is 2.28 bits per heavy atom. The number of piperidine rings is 1. The minimum Gasteiger partial charge on any atom is -0.391 e. The molecule has 0 aromatic carbocycles. The molecule has 0 spiro atoms. The Morgan fingerprint density at radius 3 is 3.00 bits per heavy atom. The summed E-state index contributed by atoms with van der Waals surface area (Å²) in [7, 11) is 0. The lowest BCUT2D eigenvalue weighted by Gasteiger charge is -2.30. The van der Waals surface area contributed by atoms with E-state index in [1.54, 1.807) is 23.2 Å². The van der Waals surface area contributed by atoms with Gasteiger partial charge in [-0.05, 0) is 18.9 Å². The molecule has 98 valence electrons. The number of nitrogens with zero attached hydrogens (tertiary/aromatic N) is 2. The van der Waals surface area contributed by atoms with Crippen LogP contribution in [0, 0.1) is 0 Å². The van der Waals surface area contributed by atoms with Crippen LogP contribution in [-0.2, 0) is 11.3 Å². The van der Waals surface area contributed by atoms with E-state index in [0.717, 1.165) is 12.8 Å². The van der Waals surface area contributed by atoms with Crippen molar-refractivity contribution in [1.82, 2.24) is 9.47 Å². The molecule has 0 bridgehead atoms. The van der Waals surface area contributed by atoms with Gasteiger partial charge in [0.05, 0.1) is 6.10 Å². The molecule has 1 N–H and O–H groups in total. The Morgan fingerprint density at radius 1 is 1.44 bits per heavy atom. The third-order valence-corrected chi connectivity index (χ3v) is 3.21. The summed E-state index contributed by atoms with van der Waals surface area (Å²) in [5.41, 5.74) is -0.0935. The van der Waals surface area contributed by atoms with E-state index in [1.807, 2.05) is 0 Å². The Kier molecular flexibility index (Phi) is 4.15. The third kappa shape index (κ3) is 3.20. The average molecular weight is 250 g/mol. The van der Waals surface area contributed by atoms with E-state index in [2.05, 4.69) is 0 Å². The molecule has 1 fully saturated rings. The van der Waals surface area contributed by atoms with E-state index >= 15 is 0 Å². The molecule has 5 heteroatoms. The van der Waals surface area contributed by atoms with Crippen molar-refractivity contribution in [2.45, 2.75) is 31.9 Å². The highest BCUT2D eigenvalue weighted by Crippen LogP contribution is 2.11. The number of aryl methyl sites for hydroxylation is 1. The standard InChI is InChI=1S/C13H18N2O3/c16-11-4-3-8-15(10-11)13(18)6-9-14-7-2-1-5-12(14)17/h1-2,5,7,11,16H,3-4,6,8-10H2. The number of β-amino-alcohol motifs (C(OH)–C–C–N with tert-alkyl or cyclic N) is 1. The number of aliphatic hydroxyl groups excluding tert-OH is 1. The minimum absolute atomic E-state index is 0.00417. The zero-order valence-electron chi connectivity index (χ0n) is 10.3. The van der Waals surface area contributed by atoms with Crippen LogP contribution in [0.2, 0.25) is 0 Å². The van der Waals surface area contributed by atoms with E-state index in [0.29, 0.717) is 26.1 Å². The van der Waals surface area contributed by atoms with Crippen molar-refractivity contribution in [2.24, 2.45) is 0 Å². The fourth-order valence-corrected chi connectivity index (χ4v) is 2.20. The van der Waals surface area contributed by atoms with Crippen molar-refractivity contribution in [3.05, 3.63) is 34.7 Å². The number of carbonyl (C=O) groups excluding carboxylic acids is 1. The van der Waals surface area contributed by atoms with Gasteiger partial charge >= 0.3 is 0 Å². The number of amides is 1. The van der Waals surface area contributed by atoms with Crippen LogP contribution in [0.15, 0.2) is 29.2 Å². The van der Waals surface area contributed by atoms with Crippen molar-refractivity contribution in [2.75, 3.05) is 13.1 Å². The summed E-state index contributed by atoms with van der Waals surface area (Å²) in [6, 6.07) is 4.94. The fraction of sp³-hybridized carbons (Fsp3) is 0.538. The third-order valence-electron chi connectivity index (χ3n) is 3.21. The van der Waals surface area contributed by atoms with Gasteiger partial charge in [-0.15, -0.1) is 0 Å². The molecule has 1 saturated heterocycles. The van der Waals surface area contributed by atoms with Crippen LogP contribution >= 0.6 is 0 Å². The van der Waals surface area contributed by atoms with Crippen molar-refractivity contribution >= 4 is 5.91 Å². The smallest absolute Gasteiger partial charge is 0.250 e. The monoisotopic (exact) mass is 250 g/mol. The van der Waals surface area contributed by atoms with Crippen LogP contribution in [0.5, 0.6) is 0 Å². The Labute approximate surface area is 106 Å². The van der Waals surface area contributed by atoms with Crippen LogP contribution in [0.3, 0.4) is 0 Å². The summed E-state index contributed by atoms with van der Waals surface area (Å²) < 4.78 is 1.53. The zero-order valence-corrected chi connectivity index (χ0v) is 10.3. The molecular formula is C13H18N2O3. The predicted octanol–water partition coefficient (Wildman–Crippen LogP) is 0.222. The van der Waals surface area contributed by atoms with E-state index in [4.69, 9.17) is 0 Å². The van der Waals surface area contributed by atoms with Gasteiger partial charge in [0, 0.05) is 38.3 Å². The molecule has 18 heavy (non-hydrogen) atoms. The van der Waals surface area contributed by atoms with Gasteiger partial charge in [-0.1, -0.05) is 6.07 Å². The topological polar surface area (TPSA) is 62.5 Å². The molecule has 2 heterocycles. The lowest BCUT2D eigenvalue weighted by atomic mass is 10.1. The molecule has 1 amide bonds. The molecule has 1 aromatic heterocycles. The first-order valence-electron chi connectivity index (χ1n) is 6.28. The second kappa shape index (κ2) is 5.82. The number of carbonyl (C=O) groups is 1. The van der Waals surface area contributed by atoms with Crippen LogP contribution in [0.1, 0.15) is 19.3 Å². The summed E-state index contributed by atoms with van der Waals surface area (Å²) in [5.74, 6) is 0.00417.